The van der Waals surface area contributed by atoms with Crippen LogP contribution in [-0.4, -0.2) is 23.3 Å². The number of aliphatic carboxylic acids is 1. The maximum absolute atomic E-state index is 14.5. The third-order valence-electron chi connectivity index (χ3n) is 5.26. The number of ether oxygens (including phenoxy) is 2. The molecule has 0 aliphatic heterocycles. The van der Waals surface area contributed by atoms with Gasteiger partial charge in [-0.15, -0.1) is 0 Å². The lowest BCUT2D eigenvalue weighted by molar-refractivity contribution is -0.136. The number of hydrogen-bond donors (Lipinski definition) is 2. The highest BCUT2D eigenvalue weighted by Crippen LogP contribution is 2.44. The van der Waals surface area contributed by atoms with Crippen LogP contribution in [0.1, 0.15) is 48.1 Å². The number of halogens is 5. The van der Waals surface area contributed by atoms with Gasteiger partial charge in [-0.25, -0.2) is 13.2 Å². The highest BCUT2D eigenvalue weighted by molar-refractivity contribution is 9.11. The van der Waals surface area contributed by atoms with Crippen LogP contribution in [0.25, 0.3) is 0 Å². The van der Waals surface area contributed by atoms with Gasteiger partial charge in [0.2, 0.25) is 0 Å². The number of rotatable bonds is 8. The maximum atomic E-state index is 14.5. The summed E-state index contributed by atoms with van der Waals surface area (Å²) in [5.41, 5.74) is 0.789. The van der Waals surface area contributed by atoms with Gasteiger partial charge in [0, 0.05) is 16.7 Å². The molecule has 0 saturated carbocycles. The normalized spacial score (nSPS) is 12.1. The molecule has 0 aromatic heterocycles. The van der Waals surface area contributed by atoms with Gasteiger partial charge in [0.15, 0.2) is 23.2 Å². The van der Waals surface area contributed by atoms with Crippen LogP contribution in [0.3, 0.4) is 0 Å². The van der Waals surface area contributed by atoms with Gasteiger partial charge >= 0.3 is 5.97 Å². The third kappa shape index (κ3) is 5.82. The molecular weight excluding hydrogens is 597 g/mol. The second kappa shape index (κ2) is 11.0. The molecule has 0 fully saturated rings. The van der Waals surface area contributed by atoms with Crippen LogP contribution in [0.5, 0.6) is 17.2 Å². The summed E-state index contributed by atoms with van der Waals surface area (Å²) in [7, 11) is 1.43. The van der Waals surface area contributed by atoms with Crippen LogP contribution in [0.4, 0.5) is 13.2 Å². The first kappa shape index (κ1) is 27.0. The van der Waals surface area contributed by atoms with Gasteiger partial charge in [0.05, 0.1) is 22.5 Å². The van der Waals surface area contributed by atoms with E-state index in [1.165, 1.54) is 13.2 Å². The van der Waals surface area contributed by atoms with E-state index < -0.39 is 35.1 Å². The van der Waals surface area contributed by atoms with E-state index >= 15 is 0 Å². The lowest BCUT2D eigenvalue weighted by atomic mass is 9.94. The molecule has 0 aliphatic carbocycles. The molecule has 1 atom stereocenters. The largest absolute Gasteiger partial charge is 0.496 e. The molecule has 0 aliphatic rings. The van der Waals surface area contributed by atoms with Crippen LogP contribution in [0.2, 0.25) is 0 Å². The molecule has 3 aromatic carbocycles. The predicted octanol–water partition coefficient (Wildman–Crippen LogP) is 7.26. The number of aliphatic hydroxyl groups is 1. The molecule has 1 unspecified atom stereocenters. The molecule has 35 heavy (non-hydrogen) atoms. The molecule has 0 heterocycles. The summed E-state index contributed by atoms with van der Waals surface area (Å²) in [6, 6.07) is 7.90. The van der Waals surface area contributed by atoms with Gasteiger partial charge in [-0.2, -0.15) is 0 Å². The third-order valence-corrected chi connectivity index (χ3v) is 6.44. The van der Waals surface area contributed by atoms with Crippen molar-refractivity contribution in [3.8, 4) is 17.2 Å². The first-order valence-electron chi connectivity index (χ1n) is 10.3. The Kier molecular flexibility index (Phi) is 8.50. The average Bonchev–Trinajstić information content (AvgIpc) is 2.78. The van der Waals surface area contributed by atoms with Gasteiger partial charge in [-0.1, -0.05) is 19.9 Å². The van der Waals surface area contributed by atoms with Crippen LogP contribution in [0, 0.1) is 17.5 Å². The Morgan fingerprint density at radius 1 is 0.943 bits per heavy atom. The lowest BCUT2D eigenvalue weighted by Gasteiger charge is -2.22. The molecule has 0 bridgehead atoms. The van der Waals surface area contributed by atoms with Gasteiger partial charge < -0.3 is 19.7 Å². The van der Waals surface area contributed by atoms with E-state index in [9.17, 15) is 23.1 Å². The fourth-order valence-corrected chi connectivity index (χ4v) is 4.98. The summed E-state index contributed by atoms with van der Waals surface area (Å²) in [5, 5.41) is 20.1. The first-order chi connectivity index (χ1) is 16.4. The number of carboxylic acid groups (broad SMARTS) is 1. The zero-order valence-corrected chi connectivity index (χ0v) is 22.0. The molecule has 5 nitrogen and oxygen atoms in total. The van der Waals surface area contributed by atoms with E-state index in [4.69, 9.17) is 14.6 Å². The second-order valence-corrected chi connectivity index (χ2v) is 9.72. The van der Waals surface area contributed by atoms with E-state index in [1.54, 1.807) is 18.2 Å². The van der Waals surface area contributed by atoms with Crippen molar-refractivity contribution in [1.82, 2.24) is 0 Å². The number of methoxy groups -OCH3 is 1. The molecule has 0 amide bonds. The highest BCUT2D eigenvalue weighted by atomic mass is 79.9. The topological polar surface area (TPSA) is 76.0 Å². The molecule has 186 valence electrons. The molecule has 2 N–H and O–H groups in total. The first-order valence-corrected chi connectivity index (χ1v) is 11.9. The fourth-order valence-electron chi connectivity index (χ4n) is 3.54. The van der Waals surface area contributed by atoms with Crippen molar-refractivity contribution in [2.24, 2.45) is 0 Å². The van der Waals surface area contributed by atoms with Crippen molar-refractivity contribution < 1.29 is 37.7 Å². The number of aliphatic hydroxyl groups excluding tert-OH is 1. The lowest BCUT2D eigenvalue weighted by Crippen LogP contribution is -2.09. The molecule has 3 aromatic rings. The highest BCUT2D eigenvalue weighted by Gasteiger charge is 2.26. The summed E-state index contributed by atoms with van der Waals surface area (Å²) < 4.78 is 54.3. The van der Waals surface area contributed by atoms with Gasteiger partial charge in [-0.3, -0.25) is 4.79 Å². The van der Waals surface area contributed by atoms with E-state index in [0.29, 0.717) is 20.3 Å². The van der Waals surface area contributed by atoms with Crippen molar-refractivity contribution in [3.05, 3.63) is 85.0 Å². The summed E-state index contributed by atoms with van der Waals surface area (Å²) in [6.07, 6.45) is -1.93. The quantitative estimate of drug-likeness (QED) is 0.260. The zero-order valence-electron chi connectivity index (χ0n) is 18.8. The van der Waals surface area contributed by atoms with Gasteiger partial charge in [0.1, 0.15) is 17.6 Å². The minimum Gasteiger partial charge on any atom is -0.496 e. The Balaban J connectivity index is 2.18. The van der Waals surface area contributed by atoms with Crippen LogP contribution >= 0.6 is 31.9 Å². The van der Waals surface area contributed by atoms with Gasteiger partial charge in [0.25, 0.3) is 0 Å². The Morgan fingerprint density at radius 2 is 1.54 bits per heavy atom. The van der Waals surface area contributed by atoms with Crippen LogP contribution in [0.15, 0.2) is 45.3 Å². The van der Waals surface area contributed by atoms with Crippen molar-refractivity contribution >= 4 is 37.8 Å². The van der Waals surface area contributed by atoms with E-state index in [1.807, 2.05) is 13.8 Å². The summed E-state index contributed by atoms with van der Waals surface area (Å²) >= 11 is 6.74. The predicted molar refractivity (Wildman–Crippen MR) is 131 cm³/mol. The van der Waals surface area contributed by atoms with Crippen molar-refractivity contribution in [3.63, 3.8) is 0 Å². The van der Waals surface area contributed by atoms with E-state index in [2.05, 4.69) is 31.9 Å². The maximum Gasteiger partial charge on any atom is 0.307 e. The molecule has 0 radical (unpaired) electrons. The van der Waals surface area contributed by atoms with Crippen molar-refractivity contribution in [2.45, 2.75) is 32.3 Å². The number of carbonyl (C=O) groups is 1. The fraction of sp³-hybridized carbons (Fsp3) is 0.240. The molecular formula is C25H21Br2F3O5. The summed E-state index contributed by atoms with van der Waals surface area (Å²) in [4.78, 5) is 11.1. The molecule has 3 rings (SSSR count). The minimum atomic E-state index is -1.72. The zero-order chi connectivity index (χ0) is 26.0. The standard InChI is InChI=1S/C25H21Br2F3O5/c1-11(2)14-9-20(35-25-16(26)6-12(7-17(25)27)8-21(31)32)15(10-19(14)34-3)24(33)13-4-5-18(28)23(30)22(13)29/h4-7,9-11,24,33H,8H2,1-3H3,(H,31,32). The molecule has 0 spiro atoms. The smallest absolute Gasteiger partial charge is 0.307 e. The van der Waals surface area contributed by atoms with Crippen LogP contribution in [-0.2, 0) is 11.2 Å². The van der Waals surface area contributed by atoms with Crippen molar-refractivity contribution in [2.75, 3.05) is 7.11 Å². The molecule has 10 heteroatoms. The number of carboxylic acids is 1. The number of benzene rings is 3. The monoisotopic (exact) mass is 616 g/mol. The Labute approximate surface area is 216 Å². The van der Waals surface area contributed by atoms with Gasteiger partial charge in [-0.05, 0) is 73.7 Å². The average molecular weight is 618 g/mol. The van der Waals surface area contributed by atoms with E-state index in [-0.39, 0.29) is 29.4 Å². The summed E-state index contributed by atoms with van der Waals surface area (Å²) in [6.45, 7) is 3.83. The number of hydrogen-bond acceptors (Lipinski definition) is 4. The van der Waals surface area contributed by atoms with Crippen LogP contribution < -0.4 is 9.47 Å². The SMILES string of the molecule is COc1cc(C(O)c2ccc(F)c(F)c2F)c(Oc2c(Br)cc(CC(=O)O)cc2Br)cc1C(C)C. The Morgan fingerprint density at radius 3 is 2.09 bits per heavy atom. The van der Waals surface area contributed by atoms with Crippen molar-refractivity contribution in [1.29, 1.82) is 0 Å². The Hall–Kier alpha value is -2.56. The van der Waals surface area contributed by atoms with E-state index in [0.717, 1.165) is 17.7 Å². The minimum absolute atomic E-state index is 0.0247. The second-order valence-electron chi connectivity index (χ2n) is 8.01. The summed E-state index contributed by atoms with van der Waals surface area (Å²) in [5.74, 6) is -4.87. The Bertz CT molecular complexity index is 1260. The molecule has 0 saturated heterocycles.